The summed E-state index contributed by atoms with van der Waals surface area (Å²) in [5.41, 5.74) is 0. The van der Waals surface area contributed by atoms with E-state index in [0.717, 1.165) is 6.16 Å². The SMILES string of the molecule is ClC(Cl)(CC[P+](c1ccccc1)(c1ccccc1)c1ccccc1)[P+](c1ccccc1)(c1ccccc1)c1ccccc1.[Ni]. The van der Waals surface area contributed by atoms with Gasteiger partial charge < -0.3 is 0 Å². The zero-order valence-electron chi connectivity index (χ0n) is 24.2. The van der Waals surface area contributed by atoms with Crippen LogP contribution in [0.25, 0.3) is 0 Å². The van der Waals surface area contributed by atoms with Crippen LogP contribution in [0.2, 0.25) is 0 Å². The van der Waals surface area contributed by atoms with E-state index < -0.39 is 18.6 Å². The summed E-state index contributed by atoms with van der Waals surface area (Å²) in [4.78, 5) is 0. The van der Waals surface area contributed by atoms with Crippen molar-refractivity contribution in [3.63, 3.8) is 0 Å². The van der Waals surface area contributed by atoms with E-state index in [1.807, 2.05) is 0 Å². The van der Waals surface area contributed by atoms with Crippen LogP contribution in [0.4, 0.5) is 0 Å². The van der Waals surface area contributed by atoms with Crippen LogP contribution in [0.1, 0.15) is 6.42 Å². The van der Waals surface area contributed by atoms with Gasteiger partial charge in [-0.15, -0.1) is 0 Å². The Balaban J connectivity index is 0.00000384. The van der Waals surface area contributed by atoms with E-state index in [9.17, 15) is 0 Å². The predicted molar refractivity (Wildman–Crippen MR) is 194 cm³/mol. The first-order valence-electron chi connectivity index (χ1n) is 14.6. The number of halogens is 2. The molecule has 0 aliphatic heterocycles. The van der Waals surface area contributed by atoms with Crippen molar-refractivity contribution < 1.29 is 16.5 Å². The van der Waals surface area contributed by atoms with E-state index in [-0.39, 0.29) is 16.5 Å². The van der Waals surface area contributed by atoms with Crippen LogP contribution in [0.5, 0.6) is 0 Å². The molecule has 0 bridgehead atoms. The maximum atomic E-state index is 7.96. The van der Waals surface area contributed by atoms with Gasteiger partial charge in [0.2, 0.25) is 4.07 Å². The minimum atomic E-state index is -2.57. The van der Waals surface area contributed by atoms with Crippen molar-refractivity contribution in [1.29, 1.82) is 0 Å². The molecule has 0 nitrogen and oxygen atoms in total. The molecule has 6 aromatic rings. The summed E-state index contributed by atoms with van der Waals surface area (Å²) in [7, 11) is -4.71. The summed E-state index contributed by atoms with van der Waals surface area (Å²) in [5, 5.41) is 7.54. The van der Waals surface area contributed by atoms with E-state index in [1.165, 1.54) is 31.8 Å². The molecule has 0 unspecified atom stereocenters. The number of alkyl halides is 2. The minimum Gasteiger partial charge on any atom is -0.0620 e. The first kappa shape index (κ1) is 32.6. The molecule has 0 saturated carbocycles. The van der Waals surface area contributed by atoms with Crippen molar-refractivity contribution in [3.8, 4) is 0 Å². The average Bonchev–Trinajstić information content (AvgIpc) is 3.08. The third kappa shape index (κ3) is 6.07. The van der Waals surface area contributed by atoms with Crippen LogP contribution in [-0.4, -0.2) is 10.2 Å². The van der Waals surface area contributed by atoms with Crippen molar-refractivity contribution in [2.24, 2.45) is 0 Å². The number of benzene rings is 6. The van der Waals surface area contributed by atoms with Gasteiger partial charge in [-0.2, -0.15) is 0 Å². The fraction of sp³-hybridized carbons (Fsp3) is 0.0769. The van der Waals surface area contributed by atoms with Crippen molar-refractivity contribution in [1.82, 2.24) is 0 Å². The number of hydrogen-bond donors (Lipinski definition) is 0. The molecule has 222 valence electrons. The third-order valence-corrected chi connectivity index (χ3v) is 19.0. The summed E-state index contributed by atoms with van der Waals surface area (Å²) >= 11 is 15.9. The molecule has 44 heavy (non-hydrogen) atoms. The van der Waals surface area contributed by atoms with Crippen molar-refractivity contribution in [2.45, 2.75) is 10.5 Å². The first-order valence-corrected chi connectivity index (χ1v) is 19.1. The molecule has 5 heteroatoms. The Hall–Kier alpha value is -2.75. The van der Waals surface area contributed by atoms with Gasteiger partial charge in [-0.3, -0.25) is 0 Å². The molecule has 0 aromatic heterocycles. The second-order valence-electron chi connectivity index (χ2n) is 10.6. The van der Waals surface area contributed by atoms with Gasteiger partial charge in [0.05, 0.1) is 12.6 Å². The molecule has 0 atom stereocenters. The Labute approximate surface area is 283 Å². The van der Waals surface area contributed by atoms with E-state index in [0.29, 0.717) is 6.42 Å². The van der Waals surface area contributed by atoms with E-state index in [1.54, 1.807) is 0 Å². The van der Waals surface area contributed by atoms with Gasteiger partial charge in [-0.1, -0.05) is 132 Å². The van der Waals surface area contributed by atoms with Gasteiger partial charge in [-0.25, -0.2) is 0 Å². The molecule has 0 radical (unpaired) electrons. The van der Waals surface area contributed by atoms with Gasteiger partial charge in [0.15, 0.2) is 0 Å². The molecule has 0 heterocycles. The quantitative estimate of drug-likeness (QED) is 0.0767. The molecule has 0 N–H and O–H groups in total. The number of hydrogen-bond acceptors (Lipinski definition) is 0. The summed E-state index contributed by atoms with van der Waals surface area (Å²) < 4.78 is -1.10. The smallest absolute Gasteiger partial charge is 0.0620 e. The van der Waals surface area contributed by atoms with Crippen molar-refractivity contribution in [2.75, 3.05) is 6.16 Å². The molecule has 6 aromatic carbocycles. The summed E-state index contributed by atoms with van der Waals surface area (Å²) in [5.74, 6) is 0. The second-order valence-corrected chi connectivity index (χ2v) is 19.9. The zero-order valence-corrected chi connectivity index (χ0v) is 28.5. The zero-order chi connectivity index (χ0) is 29.6. The second kappa shape index (κ2) is 14.6. The fourth-order valence-electron chi connectivity index (χ4n) is 6.32. The Kier molecular flexibility index (Phi) is 10.8. The van der Waals surface area contributed by atoms with Crippen molar-refractivity contribution in [3.05, 3.63) is 182 Å². The van der Waals surface area contributed by atoms with E-state index in [2.05, 4.69) is 182 Å². The largest absolute Gasteiger partial charge is 0.242 e. The Bertz CT molecular complexity index is 1530. The van der Waals surface area contributed by atoms with Gasteiger partial charge >= 0.3 is 0 Å². The molecule has 0 amide bonds. The fourth-order valence-corrected chi connectivity index (χ4v) is 17.4. The summed E-state index contributed by atoms with van der Waals surface area (Å²) in [6.07, 6.45) is 1.43. The van der Waals surface area contributed by atoms with E-state index in [4.69, 9.17) is 23.2 Å². The molecule has 0 saturated heterocycles. The van der Waals surface area contributed by atoms with Crippen LogP contribution in [0.15, 0.2) is 182 Å². The average molecular weight is 694 g/mol. The monoisotopic (exact) mass is 692 g/mol. The van der Waals surface area contributed by atoms with Crippen LogP contribution in [0, 0.1) is 0 Å². The molecule has 0 fully saturated rings. The summed E-state index contributed by atoms with van der Waals surface area (Å²) in [6, 6.07) is 65.0. The Morgan fingerprint density at radius 1 is 0.364 bits per heavy atom. The van der Waals surface area contributed by atoms with Gasteiger partial charge in [0.25, 0.3) is 0 Å². The molecular formula is C39H34Cl2NiP2+2. The number of rotatable bonds is 10. The normalized spacial score (nSPS) is 11.9. The molecule has 0 aliphatic carbocycles. The molecule has 0 aliphatic rings. The minimum absolute atomic E-state index is 0. The molecular weight excluding hydrogens is 660 g/mol. The van der Waals surface area contributed by atoms with Crippen LogP contribution in [-0.2, 0) is 16.5 Å². The Morgan fingerprint density at radius 3 is 0.841 bits per heavy atom. The van der Waals surface area contributed by atoms with Gasteiger partial charge in [0, 0.05) is 16.5 Å². The summed E-state index contributed by atoms with van der Waals surface area (Å²) in [6.45, 7) is 0. The predicted octanol–water partition coefficient (Wildman–Crippen LogP) is 8.49. The third-order valence-electron chi connectivity index (χ3n) is 8.26. The maximum Gasteiger partial charge on any atom is 0.242 e. The van der Waals surface area contributed by atoms with Gasteiger partial charge in [0.1, 0.15) is 46.4 Å². The topological polar surface area (TPSA) is 0 Å². The first-order chi connectivity index (χ1) is 21.1. The van der Waals surface area contributed by atoms with Crippen molar-refractivity contribution >= 4 is 69.6 Å². The van der Waals surface area contributed by atoms with Crippen LogP contribution in [0.3, 0.4) is 0 Å². The maximum absolute atomic E-state index is 7.96. The van der Waals surface area contributed by atoms with Gasteiger partial charge in [-0.05, 0) is 72.8 Å². The standard InChI is InChI=1S/C39H34Cl2P2.Ni/c40-39(41,43(36-25-13-4-14-26-36,37-27-15-5-16-28-37)38-29-17-6-18-30-38)31-32-42(33-19-7-1-8-20-33,34-21-9-2-10-22-34)35-23-11-3-12-24-35;/h1-30H,31-32H2;/q+2;. The molecule has 0 spiro atoms. The Morgan fingerprint density at radius 2 is 0.591 bits per heavy atom. The molecule has 6 rings (SSSR count). The van der Waals surface area contributed by atoms with E-state index >= 15 is 0 Å². The van der Waals surface area contributed by atoms with Crippen LogP contribution < -0.4 is 31.8 Å². The van der Waals surface area contributed by atoms with Crippen LogP contribution >= 0.6 is 37.7 Å².